The van der Waals surface area contributed by atoms with Crippen LogP contribution in [0.1, 0.15) is 19.3 Å². The number of carbonyl (C=O) groups excluding carboxylic acids is 2. The van der Waals surface area contributed by atoms with Gasteiger partial charge in [0.2, 0.25) is 15.9 Å². The monoisotopic (exact) mass is 372 g/mol. The second-order valence-electron chi connectivity index (χ2n) is 5.21. The lowest BCUT2D eigenvalue weighted by Gasteiger charge is -2.25. The molecule has 0 bridgehead atoms. The molecule has 1 aliphatic heterocycles. The minimum absolute atomic E-state index is 0.0125. The van der Waals surface area contributed by atoms with Gasteiger partial charge in [-0.25, -0.2) is 18.2 Å². The van der Waals surface area contributed by atoms with Crippen LogP contribution in [-0.4, -0.2) is 55.5 Å². The Morgan fingerprint density at radius 3 is 2.54 bits per heavy atom. The molecule has 1 aliphatic rings. The van der Waals surface area contributed by atoms with Gasteiger partial charge in [0.05, 0.1) is 10.8 Å². The summed E-state index contributed by atoms with van der Waals surface area (Å²) in [4.78, 5) is 26.7. The van der Waals surface area contributed by atoms with Crippen molar-refractivity contribution in [3.8, 4) is 0 Å². The number of hydrogen-bond acceptors (Lipinski definition) is 6. The lowest BCUT2D eigenvalue weighted by molar-refractivity contribution is -0.117. The van der Waals surface area contributed by atoms with Gasteiger partial charge in [0.25, 0.3) is 0 Å². The molecular weight excluding hydrogens is 352 g/mol. The predicted molar refractivity (Wildman–Crippen MR) is 90.2 cm³/mol. The summed E-state index contributed by atoms with van der Waals surface area (Å²) < 4.78 is 26.5. The highest BCUT2D eigenvalue weighted by molar-refractivity contribution is 7.99. The van der Waals surface area contributed by atoms with E-state index in [2.05, 4.69) is 15.6 Å². The van der Waals surface area contributed by atoms with Gasteiger partial charge in [-0.2, -0.15) is 4.31 Å². The highest BCUT2D eigenvalue weighted by Crippen LogP contribution is 2.22. The molecule has 2 heterocycles. The van der Waals surface area contributed by atoms with Crippen molar-refractivity contribution in [1.82, 2.24) is 19.9 Å². The van der Waals surface area contributed by atoms with Crippen LogP contribution in [0.4, 0.5) is 4.79 Å². The summed E-state index contributed by atoms with van der Waals surface area (Å²) in [6.45, 7) is 1.08. The maximum atomic E-state index is 12.5. The third kappa shape index (κ3) is 4.92. The molecule has 8 nitrogen and oxygen atoms in total. The fourth-order valence-electron chi connectivity index (χ4n) is 2.22. The maximum Gasteiger partial charge on any atom is 0.321 e. The van der Waals surface area contributed by atoms with Crippen molar-refractivity contribution in [1.29, 1.82) is 0 Å². The van der Waals surface area contributed by atoms with Crippen LogP contribution in [0.2, 0.25) is 0 Å². The molecule has 3 amide bonds. The molecule has 0 atom stereocenters. The SMILES string of the molecule is CNC(=O)NC(=O)CSc1ccc(S(=O)(=O)N2CCCCC2)cn1. The molecule has 0 aromatic carbocycles. The smallest absolute Gasteiger partial charge is 0.321 e. The molecule has 1 fully saturated rings. The van der Waals surface area contributed by atoms with Gasteiger partial charge in [-0.15, -0.1) is 0 Å². The summed E-state index contributed by atoms with van der Waals surface area (Å²) in [6, 6.07) is 2.49. The van der Waals surface area contributed by atoms with Gasteiger partial charge in [-0.3, -0.25) is 10.1 Å². The van der Waals surface area contributed by atoms with E-state index in [4.69, 9.17) is 0 Å². The van der Waals surface area contributed by atoms with Crippen LogP contribution in [0, 0.1) is 0 Å². The standard InChI is InChI=1S/C14H20N4O4S2/c1-15-14(20)17-12(19)10-23-13-6-5-11(9-16-13)24(21,22)18-7-3-2-4-8-18/h5-6,9H,2-4,7-8,10H2,1H3,(H2,15,17,19,20). The Morgan fingerprint density at radius 1 is 1.25 bits per heavy atom. The van der Waals surface area contributed by atoms with E-state index in [0.717, 1.165) is 31.0 Å². The number of nitrogens with zero attached hydrogens (tertiary/aromatic N) is 2. The van der Waals surface area contributed by atoms with Crippen LogP contribution in [-0.2, 0) is 14.8 Å². The first kappa shape index (κ1) is 18.7. The number of rotatable bonds is 5. The predicted octanol–water partition coefficient (Wildman–Crippen LogP) is 0.804. The quantitative estimate of drug-likeness (QED) is 0.740. The second-order valence-corrected chi connectivity index (χ2v) is 8.15. The Morgan fingerprint density at radius 2 is 1.96 bits per heavy atom. The molecule has 2 rings (SSSR count). The van der Waals surface area contributed by atoms with Crippen LogP contribution >= 0.6 is 11.8 Å². The minimum atomic E-state index is -3.50. The van der Waals surface area contributed by atoms with E-state index in [-0.39, 0.29) is 10.6 Å². The molecule has 10 heteroatoms. The van der Waals surface area contributed by atoms with Crippen LogP contribution < -0.4 is 10.6 Å². The molecule has 0 saturated carbocycles. The maximum absolute atomic E-state index is 12.5. The lowest BCUT2D eigenvalue weighted by atomic mass is 10.2. The number of hydrogen-bond donors (Lipinski definition) is 2. The van der Waals surface area contributed by atoms with E-state index in [1.807, 2.05) is 0 Å². The molecule has 24 heavy (non-hydrogen) atoms. The van der Waals surface area contributed by atoms with E-state index in [9.17, 15) is 18.0 Å². The molecule has 132 valence electrons. The molecule has 1 aromatic heterocycles. The second kappa shape index (κ2) is 8.45. The fraction of sp³-hybridized carbons (Fsp3) is 0.500. The van der Waals surface area contributed by atoms with Gasteiger partial charge in [-0.1, -0.05) is 18.2 Å². The van der Waals surface area contributed by atoms with Gasteiger partial charge in [0.15, 0.2) is 0 Å². The van der Waals surface area contributed by atoms with Crippen molar-refractivity contribution < 1.29 is 18.0 Å². The van der Waals surface area contributed by atoms with Crippen LogP contribution in [0.15, 0.2) is 28.3 Å². The Balaban J connectivity index is 1.95. The van der Waals surface area contributed by atoms with Crippen molar-refractivity contribution in [2.75, 3.05) is 25.9 Å². The summed E-state index contributed by atoms with van der Waals surface area (Å²) in [6.07, 6.45) is 4.11. The normalized spacial score (nSPS) is 15.7. The molecule has 1 saturated heterocycles. The summed E-state index contributed by atoms with van der Waals surface area (Å²) >= 11 is 1.12. The van der Waals surface area contributed by atoms with E-state index in [0.29, 0.717) is 18.1 Å². The molecule has 0 aliphatic carbocycles. The zero-order valence-electron chi connectivity index (χ0n) is 13.3. The van der Waals surface area contributed by atoms with Crippen molar-refractivity contribution in [2.24, 2.45) is 0 Å². The number of thioether (sulfide) groups is 1. The first-order valence-electron chi connectivity index (χ1n) is 7.54. The first-order valence-corrected chi connectivity index (χ1v) is 9.96. The molecular formula is C14H20N4O4S2. The van der Waals surface area contributed by atoms with E-state index < -0.39 is 22.0 Å². The van der Waals surface area contributed by atoms with Crippen molar-refractivity contribution in [3.63, 3.8) is 0 Å². The first-order chi connectivity index (χ1) is 11.4. The van der Waals surface area contributed by atoms with Crippen molar-refractivity contribution >= 4 is 33.7 Å². The molecule has 0 radical (unpaired) electrons. The van der Waals surface area contributed by atoms with Gasteiger partial charge in [0.1, 0.15) is 4.90 Å². The van der Waals surface area contributed by atoms with Crippen molar-refractivity contribution in [3.05, 3.63) is 18.3 Å². The number of piperidine rings is 1. The number of imide groups is 1. The number of amides is 3. The largest absolute Gasteiger partial charge is 0.341 e. The average Bonchev–Trinajstić information content (AvgIpc) is 2.61. The fourth-order valence-corrected chi connectivity index (χ4v) is 4.33. The topological polar surface area (TPSA) is 108 Å². The highest BCUT2D eigenvalue weighted by atomic mass is 32.2. The molecule has 0 unspecified atom stereocenters. The molecule has 2 N–H and O–H groups in total. The number of sulfonamides is 1. The van der Waals surface area contributed by atoms with Gasteiger partial charge in [0, 0.05) is 26.3 Å². The van der Waals surface area contributed by atoms with E-state index in [1.165, 1.54) is 23.6 Å². The Hall–Kier alpha value is -1.65. The van der Waals surface area contributed by atoms with Gasteiger partial charge < -0.3 is 5.32 Å². The number of nitrogens with one attached hydrogen (secondary N) is 2. The summed E-state index contributed by atoms with van der Waals surface area (Å²) in [5.74, 6) is -0.440. The number of aromatic nitrogens is 1. The third-order valence-corrected chi connectivity index (χ3v) is 6.32. The van der Waals surface area contributed by atoms with Crippen LogP contribution in [0.25, 0.3) is 0 Å². The van der Waals surface area contributed by atoms with Crippen LogP contribution in [0.5, 0.6) is 0 Å². The van der Waals surface area contributed by atoms with Crippen molar-refractivity contribution in [2.45, 2.75) is 29.2 Å². The average molecular weight is 372 g/mol. The third-order valence-electron chi connectivity index (χ3n) is 3.49. The van der Waals surface area contributed by atoms with E-state index >= 15 is 0 Å². The summed E-state index contributed by atoms with van der Waals surface area (Å²) in [5.41, 5.74) is 0. The highest BCUT2D eigenvalue weighted by Gasteiger charge is 2.26. The Kier molecular flexibility index (Phi) is 6.58. The summed E-state index contributed by atoms with van der Waals surface area (Å²) in [7, 11) is -2.08. The van der Waals surface area contributed by atoms with Gasteiger partial charge in [-0.05, 0) is 25.0 Å². The number of carbonyl (C=O) groups is 2. The Bertz CT molecular complexity index is 685. The summed E-state index contributed by atoms with van der Waals surface area (Å²) in [5, 5.41) is 4.93. The van der Waals surface area contributed by atoms with Crippen LogP contribution in [0.3, 0.4) is 0 Å². The zero-order chi connectivity index (χ0) is 17.6. The molecule has 1 aromatic rings. The minimum Gasteiger partial charge on any atom is -0.341 e. The number of pyridine rings is 1. The lowest BCUT2D eigenvalue weighted by Crippen LogP contribution is -2.38. The zero-order valence-corrected chi connectivity index (χ0v) is 15.0. The molecule has 0 spiro atoms. The Labute approximate surface area is 145 Å². The van der Waals surface area contributed by atoms with E-state index in [1.54, 1.807) is 6.07 Å². The number of urea groups is 1. The van der Waals surface area contributed by atoms with Gasteiger partial charge >= 0.3 is 6.03 Å².